The minimum atomic E-state index is -0.876. The van der Waals surface area contributed by atoms with Crippen LogP contribution < -0.4 is 5.32 Å². The number of terminal acetylenes is 1. The van der Waals surface area contributed by atoms with Gasteiger partial charge in [0.15, 0.2) is 0 Å². The normalized spacial score (nSPS) is 34.2. The molecular formula is C22H31NO5. The largest absolute Gasteiger partial charge is 0.469 e. The van der Waals surface area contributed by atoms with Crippen molar-refractivity contribution in [1.29, 1.82) is 0 Å². The minimum Gasteiger partial charge on any atom is -0.469 e. The van der Waals surface area contributed by atoms with Gasteiger partial charge in [0.25, 0.3) is 0 Å². The van der Waals surface area contributed by atoms with Gasteiger partial charge < -0.3 is 14.8 Å². The summed E-state index contributed by atoms with van der Waals surface area (Å²) >= 11 is 0. The predicted molar refractivity (Wildman–Crippen MR) is 103 cm³/mol. The van der Waals surface area contributed by atoms with Crippen LogP contribution in [0.3, 0.4) is 0 Å². The molecule has 0 spiro atoms. The zero-order valence-corrected chi connectivity index (χ0v) is 17.3. The molecule has 4 aliphatic carbocycles. The lowest BCUT2D eigenvalue weighted by atomic mass is 9.44. The summed E-state index contributed by atoms with van der Waals surface area (Å²) in [5.41, 5.74) is -1.86. The third-order valence-electron chi connectivity index (χ3n) is 6.48. The first kappa shape index (κ1) is 20.7. The average Bonchev–Trinajstić information content (AvgIpc) is 2.57. The summed E-state index contributed by atoms with van der Waals surface area (Å²) in [5, 5.41) is 2.86. The highest BCUT2D eigenvalue weighted by atomic mass is 16.6. The summed E-state index contributed by atoms with van der Waals surface area (Å²) in [6.45, 7) is 5.33. The third kappa shape index (κ3) is 3.76. The van der Waals surface area contributed by atoms with E-state index in [1.54, 1.807) is 20.8 Å². The Morgan fingerprint density at radius 3 is 2.21 bits per heavy atom. The summed E-state index contributed by atoms with van der Waals surface area (Å²) in [6, 6.07) is -0.876. The average molecular weight is 389 g/mol. The molecule has 0 saturated heterocycles. The lowest BCUT2D eigenvalue weighted by Gasteiger charge is -2.59. The van der Waals surface area contributed by atoms with E-state index in [1.807, 2.05) is 0 Å². The highest BCUT2D eigenvalue weighted by molar-refractivity contribution is 5.90. The number of ether oxygens (including phenoxy) is 2. The minimum absolute atomic E-state index is 0.0751. The van der Waals surface area contributed by atoms with Crippen LogP contribution in [-0.2, 0) is 23.9 Å². The van der Waals surface area contributed by atoms with Crippen LogP contribution in [0.4, 0.5) is 0 Å². The van der Waals surface area contributed by atoms with Gasteiger partial charge in [-0.25, -0.2) is 4.79 Å². The molecular weight excluding hydrogens is 358 g/mol. The van der Waals surface area contributed by atoms with Gasteiger partial charge in [-0.15, -0.1) is 12.3 Å². The molecule has 0 aromatic heterocycles. The Kier molecular flexibility index (Phi) is 5.24. The molecule has 3 atom stereocenters. The van der Waals surface area contributed by atoms with Crippen molar-refractivity contribution in [2.45, 2.75) is 77.4 Å². The lowest BCUT2D eigenvalue weighted by Crippen LogP contribution is -2.61. The Balaban J connectivity index is 1.80. The van der Waals surface area contributed by atoms with E-state index in [1.165, 1.54) is 7.11 Å². The molecule has 0 aromatic carbocycles. The number of amides is 1. The first-order valence-electron chi connectivity index (χ1n) is 10.1. The molecule has 1 N–H and O–H groups in total. The van der Waals surface area contributed by atoms with Gasteiger partial charge in [-0.3, -0.25) is 9.59 Å². The van der Waals surface area contributed by atoms with Crippen molar-refractivity contribution >= 4 is 17.8 Å². The number of carbonyl (C=O) groups excluding carboxylic acids is 3. The fraction of sp³-hybridized carbons (Fsp3) is 0.773. The molecule has 3 unspecified atom stereocenters. The van der Waals surface area contributed by atoms with Gasteiger partial charge in [0, 0.05) is 6.42 Å². The molecule has 154 valence electrons. The second kappa shape index (κ2) is 7.09. The molecule has 4 rings (SSSR count). The number of nitrogens with one attached hydrogen (secondary N) is 1. The monoisotopic (exact) mass is 389 g/mol. The van der Waals surface area contributed by atoms with E-state index in [2.05, 4.69) is 11.2 Å². The molecule has 6 heteroatoms. The molecule has 0 radical (unpaired) electrons. The SMILES string of the molecule is C#CCC(NC(=O)C12CC3CC(C1)CC(C(=O)OC)(C3)C2)C(=O)OC(C)(C)C. The van der Waals surface area contributed by atoms with Gasteiger partial charge in [-0.2, -0.15) is 0 Å². The van der Waals surface area contributed by atoms with E-state index < -0.39 is 28.4 Å². The zero-order chi connectivity index (χ0) is 20.7. The molecule has 1 amide bonds. The van der Waals surface area contributed by atoms with Gasteiger partial charge >= 0.3 is 11.9 Å². The molecule has 0 aliphatic heterocycles. The zero-order valence-electron chi connectivity index (χ0n) is 17.3. The Hall–Kier alpha value is -2.03. The van der Waals surface area contributed by atoms with Crippen LogP contribution in [0.15, 0.2) is 0 Å². The van der Waals surface area contributed by atoms with Gasteiger partial charge in [-0.1, -0.05) is 0 Å². The standard InChI is InChI=1S/C22H31NO5/c1-6-7-16(17(24)28-20(2,3)4)23-18(25)21-9-14-8-15(10-21)12-22(11-14,13-21)19(26)27-5/h1,14-16H,7-13H2,2-5H3,(H,23,25). The highest BCUT2D eigenvalue weighted by Gasteiger charge is 2.63. The van der Waals surface area contributed by atoms with Crippen LogP contribution in [0.1, 0.15) is 65.7 Å². The number of hydrogen-bond donors (Lipinski definition) is 1. The topological polar surface area (TPSA) is 81.7 Å². The Morgan fingerprint density at radius 1 is 1.14 bits per heavy atom. The maximum atomic E-state index is 13.4. The number of hydrogen-bond acceptors (Lipinski definition) is 5. The summed E-state index contributed by atoms with van der Waals surface area (Å²) in [6.07, 6.45) is 10.2. The van der Waals surface area contributed by atoms with Crippen LogP contribution in [0, 0.1) is 35.0 Å². The van der Waals surface area contributed by atoms with Gasteiger partial charge in [0.2, 0.25) is 5.91 Å². The highest BCUT2D eigenvalue weighted by Crippen LogP contribution is 2.65. The van der Waals surface area contributed by atoms with Gasteiger partial charge in [0.1, 0.15) is 11.6 Å². The molecule has 28 heavy (non-hydrogen) atoms. The Labute approximate surface area is 167 Å². The van der Waals surface area contributed by atoms with Crippen molar-refractivity contribution < 1.29 is 23.9 Å². The van der Waals surface area contributed by atoms with E-state index in [0.29, 0.717) is 18.3 Å². The summed E-state index contributed by atoms with van der Waals surface area (Å²) in [4.78, 5) is 38.5. The van der Waals surface area contributed by atoms with Crippen LogP contribution in [-0.4, -0.2) is 36.6 Å². The van der Waals surface area contributed by atoms with Crippen molar-refractivity contribution in [3.63, 3.8) is 0 Å². The summed E-state index contributed by atoms with van der Waals surface area (Å²) < 4.78 is 10.5. The number of methoxy groups -OCH3 is 1. The Bertz CT molecular complexity index is 699. The summed E-state index contributed by atoms with van der Waals surface area (Å²) in [7, 11) is 1.42. The fourth-order valence-electron chi connectivity index (χ4n) is 5.98. The lowest BCUT2D eigenvalue weighted by molar-refractivity contribution is -0.183. The molecule has 4 fully saturated rings. The molecule has 6 nitrogen and oxygen atoms in total. The van der Waals surface area contributed by atoms with Crippen LogP contribution in [0.2, 0.25) is 0 Å². The fourth-order valence-corrected chi connectivity index (χ4v) is 5.98. The second-order valence-electron chi connectivity index (χ2n) is 9.98. The van der Waals surface area contributed by atoms with E-state index in [9.17, 15) is 14.4 Å². The number of esters is 2. The van der Waals surface area contributed by atoms with E-state index >= 15 is 0 Å². The first-order chi connectivity index (χ1) is 13.0. The molecule has 0 aromatic rings. The van der Waals surface area contributed by atoms with Crippen LogP contribution in [0.25, 0.3) is 0 Å². The molecule has 4 bridgehead atoms. The molecule has 4 aliphatic rings. The third-order valence-corrected chi connectivity index (χ3v) is 6.48. The maximum absolute atomic E-state index is 13.4. The van der Waals surface area contributed by atoms with Gasteiger partial charge in [-0.05, 0) is 71.1 Å². The second-order valence-corrected chi connectivity index (χ2v) is 9.98. The Morgan fingerprint density at radius 2 is 1.71 bits per heavy atom. The quantitative estimate of drug-likeness (QED) is 0.577. The van der Waals surface area contributed by atoms with Crippen LogP contribution in [0.5, 0.6) is 0 Å². The van der Waals surface area contributed by atoms with Crippen molar-refractivity contribution in [3.8, 4) is 12.3 Å². The van der Waals surface area contributed by atoms with Crippen molar-refractivity contribution in [2.75, 3.05) is 7.11 Å². The molecule has 4 saturated carbocycles. The maximum Gasteiger partial charge on any atom is 0.330 e. The number of rotatable bonds is 5. The number of carbonyl (C=O) groups is 3. The summed E-state index contributed by atoms with van der Waals surface area (Å²) in [5.74, 6) is 2.25. The smallest absolute Gasteiger partial charge is 0.330 e. The van der Waals surface area contributed by atoms with E-state index in [0.717, 1.165) is 32.1 Å². The molecule has 0 heterocycles. The first-order valence-corrected chi connectivity index (χ1v) is 10.1. The van der Waals surface area contributed by atoms with Crippen molar-refractivity contribution in [2.24, 2.45) is 22.7 Å². The van der Waals surface area contributed by atoms with E-state index in [-0.39, 0.29) is 18.3 Å². The van der Waals surface area contributed by atoms with Crippen molar-refractivity contribution in [1.82, 2.24) is 5.32 Å². The van der Waals surface area contributed by atoms with Crippen molar-refractivity contribution in [3.05, 3.63) is 0 Å². The van der Waals surface area contributed by atoms with E-state index in [4.69, 9.17) is 15.9 Å². The predicted octanol–water partition coefficient (Wildman–Crippen LogP) is 2.60. The van der Waals surface area contributed by atoms with Crippen LogP contribution >= 0.6 is 0 Å². The van der Waals surface area contributed by atoms with Gasteiger partial charge in [0.05, 0.1) is 17.9 Å².